The van der Waals surface area contributed by atoms with Gasteiger partial charge >= 0.3 is 0 Å². The van der Waals surface area contributed by atoms with Crippen molar-refractivity contribution >= 4 is 0 Å². The van der Waals surface area contributed by atoms with Gasteiger partial charge in [-0.05, 0) is 32.1 Å². The van der Waals surface area contributed by atoms with Gasteiger partial charge in [-0.25, -0.2) is 0 Å². The summed E-state index contributed by atoms with van der Waals surface area (Å²) >= 11 is 0. The van der Waals surface area contributed by atoms with Gasteiger partial charge < -0.3 is 4.90 Å². The van der Waals surface area contributed by atoms with Crippen molar-refractivity contribution in [1.82, 2.24) is 0 Å². The maximum Gasteiger partial charge on any atom is 0.188 e. The van der Waals surface area contributed by atoms with Gasteiger partial charge in [0, 0.05) is 24.7 Å². The number of rotatable bonds is 3. The Morgan fingerprint density at radius 1 is 0.957 bits per heavy atom. The molecule has 2 aliphatic carbocycles. The first kappa shape index (κ1) is 16.7. The number of piperidine rings is 1. The lowest BCUT2D eigenvalue weighted by Gasteiger charge is -2.58. The minimum Gasteiger partial charge on any atom is -0.335 e. The lowest BCUT2D eigenvalue weighted by atomic mass is 9.57. The van der Waals surface area contributed by atoms with Crippen molar-refractivity contribution in [2.75, 3.05) is 27.2 Å². The van der Waals surface area contributed by atoms with Gasteiger partial charge in [-0.15, -0.1) is 0 Å². The van der Waals surface area contributed by atoms with Gasteiger partial charge in [-0.2, -0.15) is 10.5 Å². The SMILES string of the molecule is C[NH+](C)CC[NH+]1[C@@]2(C#N)CCCC[C@@H]2C[C@H]2CCCC[C@@]21C#N. The molecule has 0 aromatic heterocycles. The summed E-state index contributed by atoms with van der Waals surface area (Å²) in [6.45, 7) is 2.01. The first-order valence-electron chi connectivity index (χ1n) is 9.57. The molecular weight excluding hydrogens is 284 g/mol. The van der Waals surface area contributed by atoms with Crippen LogP contribution in [0.1, 0.15) is 57.8 Å². The molecule has 126 valence electrons. The predicted octanol–water partition coefficient (Wildman–Crippen LogP) is 0.325. The summed E-state index contributed by atoms with van der Waals surface area (Å²) in [6, 6.07) is 5.58. The minimum absolute atomic E-state index is 0.294. The number of nitrogens with one attached hydrogen (secondary N) is 2. The zero-order valence-corrected chi connectivity index (χ0v) is 14.8. The highest BCUT2D eigenvalue weighted by Gasteiger charge is 2.65. The van der Waals surface area contributed by atoms with E-state index < -0.39 is 0 Å². The van der Waals surface area contributed by atoms with Gasteiger partial charge in [0.05, 0.1) is 14.1 Å². The highest BCUT2D eigenvalue weighted by molar-refractivity contribution is 5.17. The van der Waals surface area contributed by atoms with Crippen LogP contribution in [-0.4, -0.2) is 38.3 Å². The summed E-state index contributed by atoms with van der Waals surface area (Å²) in [5.41, 5.74) is -0.589. The van der Waals surface area contributed by atoms with E-state index in [4.69, 9.17) is 0 Å². The fourth-order valence-electron chi connectivity index (χ4n) is 5.91. The lowest BCUT2D eigenvalue weighted by molar-refractivity contribution is -1.02. The Balaban J connectivity index is 2.02. The summed E-state index contributed by atoms with van der Waals surface area (Å²) in [4.78, 5) is 2.78. The topological polar surface area (TPSA) is 56.5 Å². The number of quaternary nitrogens is 2. The van der Waals surface area contributed by atoms with Crippen LogP contribution in [0.3, 0.4) is 0 Å². The normalized spacial score (nSPS) is 43.1. The summed E-state index contributed by atoms with van der Waals surface area (Å²) < 4.78 is 0. The van der Waals surface area contributed by atoms with Crippen LogP contribution >= 0.6 is 0 Å². The highest BCUT2D eigenvalue weighted by Crippen LogP contribution is 2.46. The first-order valence-corrected chi connectivity index (χ1v) is 9.57. The van der Waals surface area contributed by atoms with Gasteiger partial charge in [0.1, 0.15) is 25.2 Å². The van der Waals surface area contributed by atoms with Crippen molar-refractivity contribution < 1.29 is 9.80 Å². The van der Waals surface area contributed by atoms with E-state index in [1.54, 1.807) is 0 Å². The molecule has 0 spiro atoms. The minimum atomic E-state index is -0.294. The summed E-state index contributed by atoms with van der Waals surface area (Å²) in [5.74, 6) is 1.02. The fourth-order valence-corrected chi connectivity index (χ4v) is 5.91. The van der Waals surface area contributed by atoms with Gasteiger partial charge in [0.15, 0.2) is 11.1 Å². The number of likely N-dealkylation sites (tertiary alicyclic amines) is 1. The second-order valence-electron chi connectivity index (χ2n) is 8.47. The van der Waals surface area contributed by atoms with Gasteiger partial charge in [0.2, 0.25) is 0 Å². The van der Waals surface area contributed by atoms with Crippen LogP contribution in [-0.2, 0) is 0 Å². The predicted molar refractivity (Wildman–Crippen MR) is 88.7 cm³/mol. The number of nitrogens with zero attached hydrogens (tertiary/aromatic N) is 2. The lowest BCUT2D eigenvalue weighted by Crippen LogP contribution is -3.31. The number of fused-ring (bicyclic) bond motifs is 2. The van der Waals surface area contributed by atoms with E-state index in [1.165, 1.54) is 35.5 Å². The van der Waals surface area contributed by atoms with Crippen LogP contribution in [0, 0.1) is 34.5 Å². The fraction of sp³-hybridized carbons (Fsp3) is 0.895. The zero-order valence-electron chi connectivity index (χ0n) is 14.8. The third-order valence-electron chi connectivity index (χ3n) is 7.06. The molecule has 0 bridgehead atoms. The number of hydrogen-bond donors (Lipinski definition) is 2. The number of nitriles is 2. The Hall–Kier alpha value is -1.10. The molecule has 0 radical (unpaired) electrons. The maximum absolute atomic E-state index is 10.2. The molecule has 3 fully saturated rings. The number of likely N-dealkylation sites (N-methyl/N-ethyl adjacent to an activating group) is 1. The van der Waals surface area contributed by atoms with E-state index in [1.807, 2.05) is 0 Å². The Bertz CT molecular complexity index is 476. The van der Waals surface area contributed by atoms with E-state index in [0.717, 1.165) is 45.2 Å². The van der Waals surface area contributed by atoms with Crippen LogP contribution < -0.4 is 9.80 Å². The smallest absolute Gasteiger partial charge is 0.188 e. The Labute approximate surface area is 141 Å². The van der Waals surface area contributed by atoms with Crippen molar-refractivity contribution in [3.8, 4) is 12.1 Å². The molecule has 1 saturated heterocycles. The standard InChI is InChI=1S/C19H30N4/c1-22(2)11-12-23-18(14-20)9-5-3-7-16(18)13-17-8-4-6-10-19(17,23)15-21/h16-17H,3-13H2,1-2H3/p+2/t16-,17-,18-,19-/m1/s1. The molecule has 0 aromatic rings. The molecule has 0 aromatic carbocycles. The Morgan fingerprint density at radius 3 is 1.91 bits per heavy atom. The first-order chi connectivity index (χ1) is 11.1. The molecule has 1 heterocycles. The van der Waals surface area contributed by atoms with E-state index in [0.29, 0.717) is 11.8 Å². The average Bonchev–Trinajstić information content (AvgIpc) is 2.58. The van der Waals surface area contributed by atoms with Crippen LogP contribution in [0.5, 0.6) is 0 Å². The number of hydrogen-bond acceptors (Lipinski definition) is 2. The Morgan fingerprint density at radius 2 is 1.48 bits per heavy atom. The molecule has 3 rings (SSSR count). The van der Waals surface area contributed by atoms with Crippen molar-refractivity contribution in [2.45, 2.75) is 68.9 Å². The van der Waals surface area contributed by atoms with E-state index in [9.17, 15) is 10.5 Å². The molecule has 4 heteroatoms. The molecule has 23 heavy (non-hydrogen) atoms. The van der Waals surface area contributed by atoms with Crippen LogP contribution in [0.2, 0.25) is 0 Å². The molecule has 3 aliphatic rings. The van der Waals surface area contributed by atoms with Crippen LogP contribution in [0.15, 0.2) is 0 Å². The maximum atomic E-state index is 10.2. The zero-order chi connectivity index (χ0) is 16.5. The third-order valence-corrected chi connectivity index (χ3v) is 7.06. The van der Waals surface area contributed by atoms with Crippen molar-refractivity contribution in [2.24, 2.45) is 11.8 Å². The van der Waals surface area contributed by atoms with Gasteiger partial charge in [0.25, 0.3) is 0 Å². The summed E-state index contributed by atoms with van der Waals surface area (Å²) in [6.07, 6.45) is 10.4. The monoisotopic (exact) mass is 316 g/mol. The average molecular weight is 316 g/mol. The molecule has 2 saturated carbocycles. The molecule has 4 nitrogen and oxygen atoms in total. The quantitative estimate of drug-likeness (QED) is 0.788. The molecule has 2 N–H and O–H groups in total. The van der Waals surface area contributed by atoms with E-state index in [2.05, 4.69) is 26.2 Å². The third kappa shape index (κ3) is 2.57. The molecule has 4 atom stereocenters. The summed E-state index contributed by atoms with van der Waals surface area (Å²) in [7, 11) is 4.36. The second kappa shape index (κ2) is 6.42. The van der Waals surface area contributed by atoms with Crippen molar-refractivity contribution in [3.05, 3.63) is 0 Å². The van der Waals surface area contributed by atoms with Crippen molar-refractivity contribution in [1.29, 1.82) is 10.5 Å². The summed E-state index contributed by atoms with van der Waals surface area (Å²) in [5, 5.41) is 20.5. The molecule has 1 aliphatic heterocycles. The van der Waals surface area contributed by atoms with Crippen LogP contribution in [0.4, 0.5) is 0 Å². The molecular formula is C19H32N4+2. The van der Waals surface area contributed by atoms with Gasteiger partial charge in [-0.3, -0.25) is 4.90 Å². The van der Waals surface area contributed by atoms with Crippen molar-refractivity contribution in [3.63, 3.8) is 0 Å². The molecule has 0 unspecified atom stereocenters. The van der Waals surface area contributed by atoms with E-state index >= 15 is 0 Å². The molecule has 0 amide bonds. The largest absolute Gasteiger partial charge is 0.335 e. The second-order valence-corrected chi connectivity index (χ2v) is 8.47. The van der Waals surface area contributed by atoms with E-state index in [-0.39, 0.29) is 11.1 Å². The van der Waals surface area contributed by atoms with Gasteiger partial charge in [-0.1, -0.05) is 12.8 Å². The Kier molecular flexibility index (Phi) is 4.68. The highest BCUT2D eigenvalue weighted by atomic mass is 15.3. The van der Waals surface area contributed by atoms with Crippen LogP contribution in [0.25, 0.3) is 0 Å².